The lowest BCUT2D eigenvalue weighted by atomic mass is 9.82. The minimum Gasteiger partial charge on any atom is -0.289 e. The highest BCUT2D eigenvalue weighted by Gasteiger charge is 2.34. The minimum atomic E-state index is -0.127. The van der Waals surface area contributed by atoms with Crippen LogP contribution in [0.25, 0.3) is 5.57 Å². The van der Waals surface area contributed by atoms with Crippen LogP contribution in [0.1, 0.15) is 36.8 Å². The molecule has 1 saturated heterocycles. The summed E-state index contributed by atoms with van der Waals surface area (Å²) in [6.45, 7) is 0.987. The Morgan fingerprint density at radius 1 is 1.04 bits per heavy atom. The standard InChI is InChI=1S/C21H21BrFN/c22-20-11-5-10-19(21(20)23)16-12-17-8-4-9-18(13-16)24(17)14-15-6-2-1-3-7-15/h1-3,5-7,10-12,17-18H,4,8-9,13-14H2. The molecule has 2 aromatic carbocycles. The number of rotatable bonds is 3. The van der Waals surface area contributed by atoms with Gasteiger partial charge in [-0.25, -0.2) is 4.39 Å². The van der Waals surface area contributed by atoms with E-state index in [-0.39, 0.29) is 5.82 Å². The third-order valence-corrected chi connectivity index (χ3v) is 5.90. The molecule has 0 spiro atoms. The van der Waals surface area contributed by atoms with Crippen LogP contribution >= 0.6 is 15.9 Å². The molecular formula is C21H21BrFN. The van der Waals surface area contributed by atoms with Crippen molar-refractivity contribution in [3.63, 3.8) is 0 Å². The Kier molecular flexibility index (Phi) is 4.55. The zero-order valence-electron chi connectivity index (χ0n) is 13.6. The molecule has 4 rings (SSSR count). The SMILES string of the molecule is Fc1c(Br)cccc1C1=CC2CCCC(C1)N2Cc1ccccc1. The van der Waals surface area contributed by atoms with Gasteiger partial charge in [0.1, 0.15) is 5.82 Å². The molecule has 124 valence electrons. The van der Waals surface area contributed by atoms with Crippen molar-refractivity contribution in [2.24, 2.45) is 0 Å². The summed E-state index contributed by atoms with van der Waals surface area (Å²) in [4.78, 5) is 2.61. The second kappa shape index (κ2) is 6.81. The molecule has 2 aliphatic heterocycles. The number of nitrogens with zero attached hydrogens (tertiary/aromatic N) is 1. The van der Waals surface area contributed by atoms with Crippen molar-refractivity contribution in [1.82, 2.24) is 4.90 Å². The van der Waals surface area contributed by atoms with E-state index in [1.807, 2.05) is 12.1 Å². The van der Waals surface area contributed by atoms with Crippen LogP contribution in [-0.2, 0) is 6.54 Å². The Balaban J connectivity index is 1.64. The maximum absolute atomic E-state index is 14.5. The normalized spacial score (nSPS) is 23.8. The lowest BCUT2D eigenvalue weighted by Crippen LogP contribution is -2.47. The average Bonchev–Trinajstić information content (AvgIpc) is 2.58. The largest absolute Gasteiger partial charge is 0.289 e. The summed E-state index contributed by atoms with van der Waals surface area (Å²) in [5, 5.41) is 0. The monoisotopic (exact) mass is 385 g/mol. The zero-order valence-corrected chi connectivity index (χ0v) is 15.2. The number of piperidine rings is 1. The average molecular weight is 386 g/mol. The molecule has 3 heteroatoms. The highest BCUT2D eigenvalue weighted by molar-refractivity contribution is 9.10. The molecule has 0 radical (unpaired) electrons. The number of hydrogen-bond acceptors (Lipinski definition) is 1. The van der Waals surface area contributed by atoms with E-state index < -0.39 is 0 Å². The van der Waals surface area contributed by atoms with Crippen molar-refractivity contribution in [3.8, 4) is 0 Å². The van der Waals surface area contributed by atoms with Gasteiger partial charge in [-0.3, -0.25) is 4.90 Å². The van der Waals surface area contributed by atoms with E-state index in [2.05, 4.69) is 57.2 Å². The fourth-order valence-electron chi connectivity index (χ4n) is 4.11. The maximum atomic E-state index is 14.5. The van der Waals surface area contributed by atoms with Crippen LogP contribution in [0, 0.1) is 5.82 Å². The fraction of sp³-hybridized carbons (Fsp3) is 0.333. The lowest BCUT2D eigenvalue weighted by Gasteiger charge is -2.45. The highest BCUT2D eigenvalue weighted by Crippen LogP contribution is 2.39. The van der Waals surface area contributed by atoms with Gasteiger partial charge in [0.25, 0.3) is 0 Å². The van der Waals surface area contributed by atoms with Gasteiger partial charge < -0.3 is 0 Å². The first-order chi connectivity index (χ1) is 11.7. The van der Waals surface area contributed by atoms with Gasteiger partial charge >= 0.3 is 0 Å². The molecule has 24 heavy (non-hydrogen) atoms. The molecule has 1 nitrogen and oxygen atoms in total. The van der Waals surface area contributed by atoms with Crippen LogP contribution < -0.4 is 0 Å². The summed E-state index contributed by atoms with van der Waals surface area (Å²) in [6.07, 6.45) is 6.89. The van der Waals surface area contributed by atoms with Gasteiger partial charge in [-0.05, 0) is 52.4 Å². The molecule has 0 saturated carbocycles. The fourth-order valence-corrected chi connectivity index (χ4v) is 4.48. The second-order valence-corrected chi connectivity index (χ2v) is 7.66. The van der Waals surface area contributed by atoms with E-state index >= 15 is 0 Å². The summed E-state index contributed by atoms with van der Waals surface area (Å²) in [5.74, 6) is -0.127. The highest BCUT2D eigenvalue weighted by atomic mass is 79.9. The number of halogens is 2. The third-order valence-electron chi connectivity index (χ3n) is 5.29. The zero-order chi connectivity index (χ0) is 16.5. The van der Waals surface area contributed by atoms with Crippen LogP contribution in [0.15, 0.2) is 59.1 Å². The molecule has 2 atom stereocenters. The van der Waals surface area contributed by atoms with E-state index in [0.29, 0.717) is 16.6 Å². The molecule has 0 aromatic heterocycles. The number of benzene rings is 2. The van der Waals surface area contributed by atoms with Gasteiger partial charge in [0.15, 0.2) is 0 Å². The summed E-state index contributed by atoms with van der Waals surface area (Å²) in [7, 11) is 0. The van der Waals surface area contributed by atoms with Crippen molar-refractivity contribution >= 4 is 21.5 Å². The molecule has 2 aliphatic rings. The van der Waals surface area contributed by atoms with Gasteiger partial charge in [-0.2, -0.15) is 0 Å². The Morgan fingerprint density at radius 3 is 2.67 bits per heavy atom. The van der Waals surface area contributed by atoms with Gasteiger partial charge in [-0.1, -0.05) is 55.0 Å². The first kappa shape index (κ1) is 16.0. The Labute approximate surface area is 151 Å². The summed E-state index contributed by atoms with van der Waals surface area (Å²) in [5.41, 5.74) is 3.30. The Hall–Kier alpha value is -1.45. The van der Waals surface area contributed by atoms with Crippen molar-refractivity contribution < 1.29 is 4.39 Å². The van der Waals surface area contributed by atoms with Crippen molar-refractivity contribution in [2.45, 2.75) is 44.3 Å². The van der Waals surface area contributed by atoms with E-state index in [9.17, 15) is 4.39 Å². The molecule has 2 heterocycles. The van der Waals surface area contributed by atoms with Crippen molar-refractivity contribution in [2.75, 3.05) is 0 Å². The summed E-state index contributed by atoms with van der Waals surface area (Å²) >= 11 is 3.32. The lowest BCUT2D eigenvalue weighted by molar-refractivity contribution is 0.0950. The van der Waals surface area contributed by atoms with Crippen LogP contribution in [0.4, 0.5) is 4.39 Å². The first-order valence-corrected chi connectivity index (χ1v) is 9.46. The smallest absolute Gasteiger partial charge is 0.144 e. The van der Waals surface area contributed by atoms with Crippen molar-refractivity contribution in [1.29, 1.82) is 0 Å². The molecule has 2 bridgehead atoms. The van der Waals surface area contributed by atoms with Crippen LogP contribution in [0.2, 0.25) is 0 Å². The van der Waals surface area contributed by atoms with Gasteiger partial charge in [0.2, 0.25) is 0 Å². The Morgan fingerprint density at radius 2 is 1.88 bits per heavy atom. The van der Waals surface area contributed by atoms with Gasteiger partial charge in [-0.15, -0.1) is 0 Å². The van der Waals surface area contributed by atoms with Crippen LogP contribution in [-0.4, -0.2) is 17.0 Å². The predicted molar refractivity (Wildman–Crippen MR) is 100 cm³/mol. The molecule has 2 unspecified atom stereocenters. The van der Waals surface area contributed by atoms with E-state index in [1.54, 1.807) is 6.07 Å². The van der Waals surface area contributed by atoms with Gasteiger partial charge in [0, 0.05) is 24.2 Å². The van der Waals surface area contributed by atoms with E-state index in [4.69, 9.17) is 0 Å². The van der Waals surface area contributed by atoms with Crippen LogP contribution in [0.3, 0.4) is 0 Å². The minimum absolute atomic E-state index is 0.127. The van der Waals surface area contributed by atoms with E-state index in [0.717, 1.165) is 18.5 Å². The Bertz CT molecular complexity index is 756. The second-order valence-electron chi connectivity index (χ2n) is 6.81. The predicted octanol–water partition coefficient (Wildman–Crippen LogP) is 5.80. The molecule has 0 aliphatic carbocycles. The molecule has 0 amide bonds. The van der Waals surface area contributed by atoms with Gasteiger partial charge in [0.05, 0.1) is 4.47 Å². The van der Waals surface area contributed by atoms with E-state index in [1.165, 1.54) is 30.4 Å². The summed E-state index contributed by atoms with van der Waals surface area (Å²) in [6, 6.07) is 17.2. The third kappa shape index (κ3) is 3.07. The first-order valence-electron chi connectivity index (χ1n) is 8.67. The topological polar surface area (TPSA) is 3.24 Å². The van der Waals surface area contributed by atoms with Crippen LogP contribution in [0.5, 0.6) is 0 Å². The quantitative estimate of drug-likeness (QED) is 0.645. The molecule has 2 aromatic rings. The molecule has 0 N–H and O–H groups in total. The maximum Gasteiger partial charge on any atom is 0.144 e. The number of hydrogen-bond donors (Lipinski definition) is 0. The van der Waals surface area contributed by atoms with Crippen molar-refractivity contribution in [3.05, 3.63) is 76.0 Å². The molecular weight excluding hydrogens is 365 g/mol. The summed E-state index contributed by atoms with van der Waals surface area (Å²) < 4.78 is 15.1. The molecule has 1 fully saturated rings. The number of fused-ring (bicyclic) bond motifs is 2.